The van der Waals surface area contributed by atoms with Crippen LogP contribution in [0.3, 0.4) is 0 Å². The second-order valence-electron chi connectivity index (χ2n) is 4.46. The fourth-order valence-corrected chi connectivity index (χ4v) is 2.03. The molecule has 6 nitrogen and oxygen atoms in total. The number of fused-ring (bicyclic) bond motifs is 1. The molecule has 2 aromatic heterocycles. The highest BCUT2D eigenvalue weighted by Gasteiger charge is 2.11. The fourth-order valence-electron chi connectivity index (χ4n) is 2.03. The van der Waals surface area contributed by atoms with Crippen LogP contribution in [0.15, 0.2) is 30.5 Å². The number of nitro groups is 1. The van der Waals surface area contributed by atoms with E-state index in [1.165, 1.54) is 18.2 Å². The largest absolute Gasteiger partial charge is 0.340 e. The van der Waals surface area contributed by atoms with E-state index >= 15 is 0 Å². The van der Waals surface area contributed by atoms with Gasteiger partial charge < -0.3 is 4.98 Å². The van der Waals surface area contributed by atoms with Crippen molar-refractivity contribution in [2.24, 2.45) is 0 Å². The van der Waals surface area contributed by atoms with Gasteiger partial charge in [0.25, 0.3) is 5.69 Å². The number of nitrogens with one attached hydrogen (secondary N) is 1. The Balaban J connectivity index is 1.95. The molecule has 1 N–H and O–H groups in total. The van der Waals surface area contributed by atoms with Gasteiger partial charge in [-0.1, -0.05) is 0 Å². The Morgan fingerprint density at radius 2 is 1.90 bits per heavy atom. The third kappa shape index (κ3) is 2.69. The molecule has 3 aromatic rings. The van der Waals surface area contributed by atoms with Gasteiger partial charge in [0.15, 0.2) is 5.65 Å². The maximum Gasteiger partial charge on any atom is 0.289 e. The number of pyridine rings is 1. The molecule has 21 heavy (non-hydrogen) atoms. The summed E-state index contributed by atoms with van der Waals surface area (Å²) >= 11 is 0. The van der Waals surface area contributed by atoms with Crippen molar-refractivity contribution in [3.8, 4) is 0 Å². The average molecular weight is 290 g/mol. The number of halogens is 2. The molecule has 106 valence electrons. The monoisotopic (exact) mass is 290 g/mol. The van der Waals surface area contributed by atoms with E-state index in [0.717, 1.165) is 12.3 Å². The van der Waals surface area contributed by atoms with Gasteiger partial charge in [0.2, 0.25) is 0 Å². The van der Waals surface area contributed by atoms with E-state index in [2.05, 4.69) is 15.0 Å². The smallest absolute Gasteiger partial charge is 0.289 e. The van der Waals surface area contributed by atoms with E-state index in [1.807, 2.05) is 0 Å². The molecule has 0 atom stereocenters. The summed E-state index contributed by atoms with van der Waals surface area (Å²) in [5.41, 5.74) is 0.958. The molecule has 0 bridgehead atoms. The minimum Gasteiger partial charge on any atom is -0.340 e. The molecule has 1 aromatic carbocycles. The second kappa shape index (κ2) is 4.89. The first-order chi connectivity index (χ1) is 10.0. The van der Waals surface area contributed by atoms with E-state index in [1.54, 1.807) is 0 Å². The molecule has 3 rings (SSSR count). The van der Waals surface area contributed by atoms with Crippen molar-refractivity contribution < 1.29 is 13.7 Å². The lowest BCUT2D eigenvalue weighted by Crippen LogP contribution is -1.93. The lowest BCUT2D eigenvalue weighted by molar-refractivity contribution is -0.385. The average Bonchev–Trinajstić information content (AvgIpc) is 2.78. The van der Waals surface area contributed by atoms with Crippen molar-refractivity contribution in [3.05, 3.63) is 63.6 Å². The van der Waals surface area contributed by atoms with Crippen molar-refractivity contribution in [3.63, 3.8) is 0 Å². The molecule has 0 saturated carbocycles. The quantitative estimate of drug-likeness (QED) is 0.593. The Kier molecular flexibility index (Phi) is 3.05. The van der Waals surface area contributed by atoms with Crippen LogP contribution in [0.5, 0.6) is 0 Å². The molecule has 0 aliphatic carbocycles. The summed E-state index contributed by atoms with van der Waals surface area (Å²) in [5.74, 6) is -0.923. The molecule has 0 fully saturated rings. The summed E-state index contributed by atoms with van der Waals surface area (Å²) in [6, 6.07) is 4.50. The van der Waals surface area contributed by atoms with Gasteiger partial charge in [0.05, 0.1) is 10.4 Å². The second-order valence-corrected chi connectivity index (χ2v) is 4.46. The van der Waals surface area contributed by atoms with Crippen LogP contribution in [-0.2, 0) is 6.42 Å². The van der Waals surface area contributed by atoms with Crippen molar-refractivity contribution >= 4 is 16.9 Å². The summed E-state index contributed by atoms with van der Waals surface area (Å²) in [6.07, 6.45) is 1.27. The predicted molar refractivity (Wildman–Crippen MR) is 69.7 cm³/mol. The molecular weight excluding hydrogens is 282 g/mol. The summed E-state index contributed by atoms with van der Waals surface area (Å²) in [4.78, 5) is 21.0. The van der Waals surface area contributed by atoms with Crippen molar-refractivity contribution in [1.29, 1.82) is 0 Å². The molecule has 0 amide bonds. The first kappa shape index (κ1) is 13.1. The van der Waals surface area contributed by atoms with Gasteiger partial charge in [0, 0.05) is 18.6 Å². The Morgan fingerprint density at radius 1 is 1.19 bits per heavy atom. The van der Waals surface area contributed by atoms with Gasteiger partial charge in [-0.2, -0.15) is 0 Å². The summed E-state index contributed by atoms with van der Waals surface area (Å²) in [6.45, 7) is 0. The van der Waals surface area contributed by atoms with Gasteiger partial charge in [-0.05, 0) is 17.7 Å². The number of aromatic amines is 1. The minimum absolute atomic E-state index is 0.158. The van der Waals surface area contributed by atoms with E-state index in [-0.39, 0.29) is 12.1 Å². The van der Waals surface area contributed by atoms with Crippen LogP contribution in [0.1, 0.15) is 11.4 Å². The zero-order chi connectivity index (χ0) is 15.0. The van der Waals surface area contributed by atoms with Gasteiger partial charge in [0.1, 0.15) is 23.7 Å². The summed E-state index contributed by atoms with van der Waals surface area (Å²) in [5, 5.41) is 10.7. The van der Waals surface area contributed by atoms with E-state index in [0.29, 0.717) is 22.6 Å². The van der Waals surface area contributed by atoms with Crippen LogP contribution < -0.4 is 0 Å². The third-order valence-corrected chi connectivity index (χ3v) is 2.88. The molecule has 0 saturated heterocycles. The molecule has 2 heterocycles. The molecule has 0 radical (unpaired) electrons. The lowest BCUT2D eigenvalue weighted by atomic mass is 10.1. The predicted octanol–water partition coefficient (Wildman–Crippen LogP) is 2.74. The van der Waals surface area contributed by atoms with Gasteiger partial charge >= 0.3 is 0 Å². The normalized spacial score (nSPS) is 11.0. The molecule has 0 spiro atoms. The Hall–Kier alpha value is -2.90. The van der Waals surface area contributed by atoms with Gasteiger partial charge in [-0.3, -0.25) is 10.1 Å². The molecule has 0 aliphatic heterocycles. The molecule has 0 aliphatic rings. The van der Waals surface area contributed by atoms with E-state index in [4.69, 9.17) is 0 Å². The lowest BCUT2D eigenvalue weighted by Gasteiger charge is -1.99. The molecule has 8 heteroatoms. The van der Waals surface area contributed by atoms with Gasteiger partial charge in [-0.15, -0.1) is 0 Å². The molecule has 0 unspecified atom stereocenters. The number of hydrogen-bond donors (Lipinski definition) is 1. The van der Waals surface area contributed by atoms with Crippen molar-refractivity contribution in [2.45, 2.75) is 6.42 Å². The van der Waals surface area contributed by atoms with Crippen LogP contribution in [0.25, 0.3) is 11.2 Å². The zero-order valence-corrected chi connectivity index (χ0v) is 10.5. The Morgan fingerprint density at radius 3 is 2.57 bits per heavy atom. The number of H-pyrrole nitrogens is 1. The number of benzene rings is 1. The highest BCUT2D eigenvalue weighted by molar-refractivity contribution is 5.73. The maximum absolute atomic E-state index is 13.1. The third-order valence-electron chi connectivity index (χ3n) is 2.88. The Bertz CT molecular complexity index is 827. The highest BCUT2D eigenvalue weighted by atomic mass is 19.1. The number of imidazole rings is 1. The zero-order valence-electron chi connectivity index (χ0n) is 10.5. The highest BCUT2D eigenvalue weighted by Crippen LogP contribution is 2.18. The van der Waals surface area contributed by atoms with Crippen LogP contribution in [0.2, 0.25) is 0 Å². The fraction of sp³-hybridized carbons (Fsp3) is 0.0769. The molecular formula is C13H8F2N4O2. The first-order valence-electron chi connectivity index (χ1n) is 5.95. The number of hydrogen-bond acceptors (Lipinski definition) is 4. The SMILES string of the molecule is O=[N+]([O-])c1cnc2nc(Cc3cc(F)cc(F)c3)[nH]c2c1. The van der Waals surface area contributed by atoms with Crippen LogP contribution >= 0.6 is 0 Å². The van der Waals surface area contributed by atoms with E-state index < -0.39 is 16.6 Å². The summed E-state index contributed by atoms with van der Waals surface area (Å²) < 4.78 is 26.2. The minimum atomic E-state index is -0.671. The first-order valence-corrected chi connectivity index (χ1v) is 5.95. The maximum atomic E-state index is 13.1. The van der Waals surface area contributed by atoms with E-state index in [9.17, 15) is 18.9 Å². The Labute approximate surface area is 116 Å². The van der Waals surface area contributed by atoms with Crippen molar-refractivity contribution in [1.82, 2.24) is 15.0 Å². The van der Waals surface area contributed by atoms with Crippen molar-refractivity contribution in [2.75, 3.05) is 0 Å². The number of nitrogens with zero attached hydrogens (tertiary/aromatic N) is 3. The topological polar surface area (TPSA) is 84.7 Å². The number of aromatic nitrogens is 3. The summed E-state index contributed by atoms with van der Waals surface area (Å²) in [7, 11) is 0. The van der Waals surface area contributed by atoms with Crippen LogP contribution in [-0.4, -0.2) is 19.9 Å². The standard InChI is InChI=1S/C13H8F2N4O2/c14-8-1-7(2-9(15)4-8)3-12-17-11-5-10(19(20)21)6-16-13(11)18-12/h1-2,4-6H,3H2,(H,16,17,18). The number of rotatable bonds is 3. The van der Waals surface area contributed by atoms with Crippen LogP contribution in [0.4, 0.5) is 14.5 Å². The van der Waals surface area contributed by atoms with Crippen LogP contribution in [0, 0.1) is 21.7 Å². The van der Waals surface area contributed by atoms with Gasteiger partial charge in [-0.25, -0.2) is 18.7 Å².